The van der Waals surface area contributed by atoms with E-state index in [4.69, 9.17) is 22.1 Å². The fourth-order valence-corrected chi connectivity index (χ4v) is 2.41. The summed E-state index contributed by atoms with van der Waals surface area (Å²) in [7, 11) is 0. The topological polar surface area (TPSA) is 35.2 Å². The minimum Gasteiger partial charge on any atom is -0.494 e. The van der Waals surface area contributed by atoms with Crippen LogP contribution in [0.1, 0.15) is 24.0 Å². The van der Waals surface area contributed by atoms with Crippen molar-refractivity contribution in [1.29, 1.82) is 0 Å². The van der Waals surface area contributed by atoms with Crippen LogP contribution in [-0.4, -0.2) is 13.2 Å². The number of rotatable bonds is 6. The average Bonchev–Trinajstić information content (AvgIpc) is 2.47. The molecule has 3 heteroatoms. The third-order valence-electron chi connectivity index (χ3n) is 3.32. The summed E-state index contributed by atoms with van der Waals surface area (Å²) in [6.07, 6.45) is 0.902. The standard InChI is InChI=1S/C17H20ClNO/c1-2-20-17-5-3-4-13(11-17)10-15(12-19)14-6-8-16(18)9-7-14/h3-9,11,15H,2,10,12,19H2,1H3. The lowest BCUT2D eigenvalue weighted by Gasteiger charge is -2.16. The van der Waals surface area contributed by atoms with Crippen LogP contribution >= 0.6 is 11.6 Å². The minimum atomic E-state index is 0.296. The van der Waals surface area contributed by atoms with Gasteiger partial charge in [0.2, 0.25) is 0 Å². The van der Waals surface area contributed by atoms with Gasteiger partial charge in [-0.25, -0.2) is 0 Å². The van der Waals surface area contributed by atoms with E-state index in [-0.39, 0.29) is 0 Å². The van der Waals surface area contributed by atoms with E-state index in [0.717, 1.165) is 17.2 Å². The molecule has 0 fully saturated rings. The highest BCUT2D eigenvalue weighted by molar-refractivity contribution is 6.30. The maximum atomic E-state index is 5.93. The van der Waals surface area contributed by atoms with Crippen molar-refractivity contribution in [3.63, 3.8) is 0 Å². The van der Waals surface area contributed by atoms with Crippen molar-refractivity contribution in [3.8, 4) is 5.75 Å². The molecule has 0 spiro atoms. The molecule has 20 heavy (non-hydrogen) atoms. The summed E-state index contributed by atoms with van der Waals surface area (Å²) < 4.78 is 5.53. The molecule has 0 saturated heterocycles. The van der Waals surface area contributed by atoms with Crippen molar-refractivity contribution in [2.24, 2.45) is 5.73 Å². The van der Waals surface area contributed by atoms with Gasteiger partial charge >= 0.3 is 0 Å². The Hall–Kier alpha value is -1.51. The molecule has 1 atom stereocenters. The minimum absolute atomic E-state index is 0.296. The van der Waals surface area contributed by atoms with Crippen LogP contribution < -0.4 is 10.5 Å². The Bertz CT molecular complexity index is 539. The molecule has 106 valence electrons. The van der Waals surface area contributed by atoms with Crippen LogP contribution in [0.5, 0.6) is 5.75 Å². The van der Waals surface area contributed by atoms with Crippen molar-refractivity contribution in [3.05, 3.63) is 64.7 Å². The normalized spacial score (nSPS) is 12.2. The molecule has 2 N–H and O–H groups in total. The number of halogens is 1. The van der Waals surface area contributed by atoms with E-state index < -0.39 is 0 Å². The molecule has 2 aromatic rings. The summed E-state index contributed by atoms with van der Waals surface area (Å²) in [5.41, 5.74) is 8.38. The fourth-order valence-electron chi connectivity index (χ4n) is 2.29. The highest BCUT2D eigenvalue weighted by atomic mass is 35.5. The molecular formula is C17H20ClNO. The van der Waals surface area contributed by atoms with Gasteiger partial charge in [-0.15, -0.1) is 0 Å². The molecule has 0 bridgehead atoms. The zero-order valence-electron chi connectivity index (χ0n) is 11.7. The van der Waals surface area contributed by atoms with Crippen molar-refractivity contribution in [1.82, 2.24) is 0 Å². The van der Waals surface area contributed by atoms with Crippen LogP contribution in [0.25, 0.3) is 0 Å². The van der Waals surface area contributed by atoms with Crippen LogP contribution in [-0.2, 0) is 6.42 Å². The molecule has 0 radical (unpaired) electrons. The summed E-state index contributed by atoms with van der Waals surface area (Å²) in [5.74, 6) is 1.21. The lowest BCUT2D eigenvalue weighted by atomic mass is 9.92. The second-order valence-corrected chi connectivity index (χ2v) is 5.21. The van der Waals surface area contributed by atoms with Crippen molar-refractivity contribution >= 4 is 11.6 Å². The lowest BCUT2D eigenvalue weighted by Crippen LogP contribution is -2.15. The van der Waals surface area contributed by atoms with Crippen molar-refractivity contribution in [2.45, 2.75) is 19.3 Å². The van der Waals surface area contributed by atoms with Gasteiger partial charge in [0.1, 0.15) is 5.75 Å². The van der Waals surface area contributed by atoms with Crippen LogP contribution in [0.15, 0.2) is 48.5 Å². The van der Waals surface area contributed by atoms with Gasteiger partial charge in [-0.3, -0.25) is 0 Å². The van der Waals surface area contributed by atoms with E-state index in [1.54, 1.807) is 0 Å². The monoisotopic (exact) mass is 289 g/mol. The first-order chi connectivity index (χ1) is 9.72. The van der Waals surface area contributed by atoms with E-state index in [1.807, 2.05) is 43.3 Å². The van der Waals surface area contributed by atoms with Gasteiger partial charge in [0.25, 0.3) is 0 Å². The number of benzene rings is 2. The molecular weight excluding hydrogens is 270 g/mol. The molecule has 0 heterocycles. The zero-order valence-corrected chi connectivity index (χ0v) is 12.4. The highest BCUT2D eigenvalue weighted by Crippen LogP contribution is 2.23. The number of hydrogen-bond acceptors (Lipinski definition) is 2. The third kappa shape index (κ3) is 3.99. The molecule has 0 aliphatic rings. The van der Waals surface area contributed by atoms with Gasteiger partial charge in [0, 0.05) is 10.9 Å². The molecule has 0 aliphatic heterocycles. The summed E-state index contributed by atoms with van der Waals surface area (Å²) in [6, 6.07) is 16.1. The Kier molecular flexibility index (Phi) is 5.45. The predicted octanol–water partition coefficient (Wildman–Crippen LogP) is 4.02. The Morgan fingerprint density at radius 3 is 2.55 bits per heavy atom. The van der Waals surface area contributed by atoms with Gasteiger partial charge in [0.15, 0.2) is 0 Å². The van der Waals surface area contributed by atoms with Crippen molar-refractivity contribution < 1.29 is 4.74 Å². The molecule has 2 nitrogen and oxygen atoms in total. The van der Waals surface area contributed by atoms with E-state index in [0.29, 0.717) is 19.1 Å². The van der Waals surface area contributed by atoms with Crippen LogP contribution in [0.3, 0.4) is 0 Å². The number of ether oxygens (including phenoxy) is 1. The maximum absolute atomic E-state index is 5.93. The lowest BCUT2D eigenvalue weighted by molar-refractivity contribution is 0.340. The summed E-state index contributed by atoms with van der Waals surface area (Å²) in [5, 5.41) is 0.753. The van der Waals surface area contributed by atoms with Gasteiger partial charge in [-0.2, -0.15) is 0 Å². The smallest absolute Gasteiger partial charge is 0.119 e. The Morgan fingerprint density at radius 2 is 1.90 bits per heavy atom. The summed E-state index contributed by atoms with van der Waals surface area (Å²) in [6.45, 7) is 3.28. The summed E-state index contributed by atoms with van der Waals surface area (Å²) >= 11 is 5.93. The van der Waals surface area contributed by atoms with Gasteiger partial charge < -0.3 is 10.5 Å². The van der Waals surface area contributed by atoms with E-state index in [2.05, 4.69) is 12.1 Å². The third-order valence-corrected chi connectivity index (χ3v) is 3.57. The first-order valence-electron chi connectivity index (χ1n) is 6.90. The highest BCUT2D eigenvalue weighted by Gasteiger charge is 2.11. The molecule has 0 aromatic heterocycles. The maximum Gasteiger partial charge on any atom is 0.119 e. The molecule has 2 rings (SSSR count). The van der Waals surface area contributed by atoms with E-state index in [1.165, 1.54) is 11.1 Å². The van der Waals surface area contributed by atoms with Gasteiger partial charge in [-0.1, -0.05) is 35.9 Å². The Morgan fingerprint density at radius 1 is 1.15 bits per heavy atom. The van der Waals surface area contributed by atoms with Crippen LogP contribution in [0.2, 0.25) is 5.02 Å². The molecule has 2 aromatic carbocycles. The number of hydrogen-bond donors (Lipinski definition) is 1. The van der Waals surface area contributed by atoms with E-state index >= 15 is 0 Å². The SMILES string of the molecule is CCOc1cccc(CC(CN)c2ccc(Cl)cc2)c1. The summed E-state index contributed by atoms with van der Waals surface area (Å²) in [4.78, 5) is 0. The van der Waals surface area contributed by atoms with Crippen LogP contribution in [0, 0.1) is 0 Å². The molecule has 0 aliphatic carbocycles. The molecule has 0 amide bonds. The first kappa shape index (κ1) is 14.9. The predicted molar refractivity (Wildman–Crippen MR) is 84.6 cm³/mol. The van der Waals surface area contributed by atoms with Crippen molar-refractivity contribution in [2.75, 3.05) is 13.2 Å². The van der Waals surface area contributed by atoms with E-state index in [9.17, 15) is 0 Å². The van der Waals surface area contributed by atoms with Crippen LogP contribution in [0.4, 0.5) is 0 Å². The second kappa shape index (κ2) is 7.32. The molecule has 0 saturated carbocycles. The largest absolute Gasteiger partial charge is 0.494 e. The Labute approximate surface area is 125 Å². The van der Waals surface area contributed by atoms with Gasteiger partial charge in [0.05, 0.1) is 6.61 Å². The first-order valence-corrected chi connectivity index (χ1v) is 7.28. The average molecular weight is 290 g/mol. The van der Waals surface area contributed by atoms with Gasteiger partial charge in [-0.05, 0) is 55.3 Å². The fraction of sp³-hybridized carbons (Fsp3) is 0.294. The molecule has 1 unspecified atom stereocenters. The second-order valence-electron chi connectivity index (χ2n) is 4.77. The zero-order chi connectivity index (χ0) is 14.4. The quantitative estimate of drug-likeness (QED) is 0.871. The number of nitrogens with two attached hydrogens (primary N) is 1. The Balaban J connectivity index is 2.13.